The zero-order valence-corrected chi connectivity index (χ0v) is 21.5. The van der Waals surface area contributed by atoms with Crippen LogP contribution >= 0.6 is 15.9 Å². The van der Waals surface area contributed by atoms with Crippen molar-refractivity contribution in [1.29, 1.82) is 0 Å². The second kappa shape index (κ2) is 9.41. The summed E-state index contributed by atoms with van der Waals surface area (Å²) in [6, 6.07) is 14.1. The number of carbonyl (C=O) groups excluding carboxylic acids is 1. The number of carbonyl (C=O) groups is 1. The molecule has 0 bridgehead atoms. The maximum atomic E-state index is 12.5. The number of pyridine rings is 1. The Hall–Kier alpha value is -3.26. The number of ether oxygens (including phenoxy) is 1. The topological polar surface area (TPSA) is 95.4 Å². The molecule has 8 heteroatoms. The van der Waals surface area contributed by atoms with Gasteiger partial charge in [0, 0.05) is 28.8 Å². The summed E-state index contributed by atoms with van der Waals surface area (Å²) in [6.07, 6.45) is 6.83. The summed E-state index contributed by atoms with van der Waals surface area (Å²) in [4.78, 5) is 22.2. The third-order valence-corrected chi connectivity index (χ3v) is 7.85. The Balaban J connectivity index is 1.46. The maximum Gasteiger partial charge on any atom is 0.311 e. The highest BCUT2D eigenvalue weighted by Gasteiger charge is 2.40. The lowest BCUT2D eigenvalue weighted by atomic mass is 9.71. The standard InChI is InChI=1S/C27H28BrN5O2/c1-3-35-26(34)27(2)13-11-18(12-14-27)23-22(28)24(29)33-25(32-23)20(16-31-33)19-9-10-21(30-15-19)17-7-5-4-6-8-17/h4-10,15-16,18H,3,11-14,29H2,1-2H3/t18-,27-. The highest BCUT2D eigenvalue weighted by atomic mass is 79.9. The molecule has 3 aromatic heterocycles. The predicted molar refractivity (Wildman–Crippen MR) is 140 cm³/mol. The fourth-order valence-electron chi connectivity index (χ4n) is 4.86. The summed E-state index contributed by atoms with van der Waals surface area (Å²) >= 11 is 3.67. The fourth-order valence-corrected chi connectivity index (χ4v) is 5.44. The number of nitrogen functional groups attached to an aromatic ring is 1. The molecule has 1 aromatic carbocycles. The molecular weight excluding hydrogens is 506 g/mol. The largest absolute Gasteiger partial charge is 0.466 e. The van der Waals surface area contributed by atoms with Crippen LogP contribution in [0.1, 0.15) is 51.1 Å². The van der Waals surface area contributed by atoms with Gasteiger partial charge in [0.1, 0.15) is 5.82 Å². The summed E-state index contributed by atoms with van der Waals surface area (Å²) in [6.45, 7) is 4.26. The Kier molecular flexibility index (Phi) is 6.32. The molecule has 1 saturated carbocycles. The predicted octanol–water partition coefficient (Wildman–Crippen LogP) is 6.03. The fraction of sp³-hybridized carbons (Fsp3) is 0.333. The molecule has 0 saturated heterocycles. The van der Waals surface area contributed by atoms with Gasteiger partial charge >= 0.3 is 5.97 Å². The van der Waals surface area contributed by atoms with E-state index in [2.05, 4.69) is 26.0 Å². The summed E-state index contributed by atoms with van der Waals surface area (Å²) in [5.41, 5.74) is 11.4. The molecule has 1 fully saturated rings. The molecule has 0 atom stereocenters. The zero-order valence-electron chi connectivity index (χ0n) is 19.9. The molecule has 0 aliphatic heterocycles. The number of rotatable bonds is 5. The number of hydrogen-bond donors (Lipinski definition) is 1. The summed E-state index contributed by atoms with van der Waals surface area (Å²) in [7, 11) is 0. The average molecular weight is 534 g/mol. The quantitative estimate of drug-likeness (QED) is 0.314. The first-order valence-corrected chi connectivity index (χ1v) is 12.7. The Morgan fingerprint density at radius 3 is 2.54 bits per heavy atom. The van der Waals surface area contributed by atoms with E-state index < -0.39 is 5.41 Å². The van der Waals surface area contributed by atoms with Crippen LogP contribution in [0, 0.1) is 5.41 Å². The molecule has 1 aliphatic rings. The smallest absolute Gasteiger partial charge is 0.311 e. The Morgan fingerprint density at radius 2 is 1.89 bits per heavy atom. The van der Waals surface area contributed by atoms with Gasteiger partial charge in [-0.1, -0.05) is 36.4 Å². The first kappa shape index (κ1) is 23.5. The first-order valence-electron chi connectivity index (χ1n) is 11.9. The van der Waals surface area contributed by atoms with Crippen molar-refractivity contribution in [2.75, 3.05) is 12.3 Å². The molecule has 0 spiro atoms. The third-order valence-electron chi connectivity index (χ3n) is 7.04. The number of anilines is 1. The van der Waals surface area contributed by atoms with E-state index in [1.165, 1.54) is 0 Å². The maximum absolute atomic E-state index is 12.5. The van der Waals surface area contributed by atoms with Crippen LogP contribution in [0.3, 0.4) is 0 Å². The van der Waals surface area contributed by atoms with E-state index in [0.29, 0.717) is 18.1 Å². The van der Waals surface area contributed by atoms with Crippen molar-refractivity contribution in [2.45, 2.75) is 45.4 Å². The second-order valence-electron chi connectivity index (χ2n) is 9.34. The van der Waals surface area contributed by atoms with Gasteiger partial charge in [-0.3, -0.25) is 9.78 Å². The van der Waals surface area contributed by atoms with Gasteiger partial charge in [-0.25, -0.2) is 4.98 Å². The number of fused-ring (bicyclic) bond motifs is 1. The van der Waals surface area contributed by atoms with E-state index in [9.17, 15) is 4.79 Å². The average Bonchev–Trinajstić information content (AvgIpc) is 3.32. The Bertz CT molecular complexity index is 1360. The van der Waals surface area contributed by atoms with Crippen molar-refractivity contribution in [2.24, 2.45) is 5.41 Å². The van der Waals surface area contributed by atoms with E-state index in [1.807, 2.05) is 62.5 Å². The normalized spacial score (nSPS) is 20.1. The van der Waals surface area contributed by atoms with Crippen LogP contribution in [-0.2, 0) is 9.53 Å². The SMILES string of the molecule is CCOC(=O)[C@]1(C)CC[C@@H](c2nc3c(-c4ccc(-c5ccccc5)nc4)cnn3c(N)c2Br)CC1. The number of esters is 1. The molecule has 5 rings (SSSR count). The van der Waals surface area contributed by atoms with Crippen LogP contribution in [0.2, 0.25) is 0 Å². The van der Waals surface area contributed by atoms with Crippen molar-refractivity contribution in [3.05, 3.63) is 65.0 Å². The molecule has 3 heterocycles. The highest BCUT2D eigenvalue weighted by molar-refractivity contribution is 9.10. The molecule has 0 radical (unpaired) electrons. The molecule has 35 heavy (non-hydrogen) atoms. The monoisotopic (exact) mass is 533 g/mol. The van der Waals surface area contributed by atoms with Gasteiger partial charge in [-0.2, -0.15) is 9.61 Å². The first-order chi connectivity index (χ1) is 16.9. The number of nitrogens with two attached hydrogens (primary N) is 1. The molecule has 7 nitrogen and oxygen atoms in total. The minimum atomic E-state index is -0.442. The number of nitrogens with zero attached hydrogens (tertiary/aromatic N) is 4. The van der Waals surface area contributed by atoms with E-state index in [1.54, 1.807) is 10.7 Å². The Morgan fingerprint density at radius 1 is 1.14 bits per heavy atom. The lowest BCUT2D eigenvalue weighted by Crippen LogP contribution is -2.34. The second-order valence-corrected chi connectivity index (χ2v) is 10.1. The lowest BCUT2D eigenvalue weighted by Gasteiger charge is -2.35. The van der Waals surface area contributed by atoms with Crippen molar-refractivity contribution in [1.82, 2.24) is 19.6 Å². The molecule has 180 valence electrons. The van der Waals surface area contributed by atoms with Gasteiger partial charge in [0.2, 0.25) is 0 Å². The summed E-state index contributed by atoms with van der Waals surface area (Å²) in [5, 5.41) is 4.50. The summed E-state index contributed by atoms with van der Waals surface area (Å²) < 4.78 is 7.75. The van der Waals surface area contributed by atoms with Crippen LogP contribution in [0.25, 0.3) is 28.0 Å². The van der Waals surface area contributed by atoms with Crippen molar-refractivity contribution in [3.8, 4) is 22.4 Å². The van der Waals surface area contributed by atoms with E-state index in [0.717, 1.165) is 58.2 Å². The number of halogens is 1. The minimum Gasteiger partial charge on any atom is -0.466 e. The molecule has 1 aliphatic carbocycles. The van der Waals surface area contributed by atoms with Gasteiger partial charge in [-0.15, -0.1) is 0 Å². The molecule has 0 amide bonds. The van der Waals surface area contributed by atoms with Crippen LogP contribution in [0.15, 0.2) is 59.3 Å². The van der Waals surface area contributed by atoms with Gasteiger partial charge in [0.05, 0.1) is 34.1 Å². The number of aromatic nitrogens is 4. The molecule has 0 unspecified atom stereocenters. The van der Waals surface area contributed by atoms with Gasteiger partial charge in [0.15, 0.2) is 5.65 Å². The van der Waals surface area contributed by atoms with Gasteiger partial charge in [-0.05, 0) is 61.5 Å². The molecular formula is C27H28BrN5O2. The van der Waals surface area contributed by atoms with Crippen molar-refractivity contribution >= 4 is 33.4 Å². The third kappa shape index (κ3) is 4.31. The molecule has 2 N–H and O–H groups in total. The van der Waals surface area contributed by atoms with Gasteiger partial charge in [0.25, 0.3) is 0 Å². The van der Waals surface area contributed by atoms with E-state index in [4.69, 9.17) is 15.5 Å². The lowest BCUT2D eigenvalue weighted by molar-refractivity contribution is -0.156. The van der Waals surface area contributed by atoms with E-state index in [-0.39, 0.29) is 11.9 Å². The van der Waals surface area contributed by atoms with Crippen LogP contribution in [-0.4, -0.2) is 32.2 Å². The van der Waals surface area contributed by atoms with Crippen LogP contribution in [0.4, 0.5) is 5.82 Å². The number of benzene rings is 1. The van der Waals surface area contributed by atoms with E-state index >= 15 is 0 Å². The van der Waals surface area contributed by atoms with Crippen LogP contribution < -0.4 is 5.73 Å². The van der Waals surface area contributed by atoms with Crippen molar-refractivity contribution < 1.29 is 9.53 Å². The Labute approximate surface area is 212 Å². The number of hydrogen-bond acceptors (Lipinski definition) is 6. The van der Waals surface area contributed by atoms with Crippen molar-refractivity contribution in [3.63, 3.8) is 0 Å². The van der Waals surface area contributed by atoms with Crippen LogP contribution in [0.5, 0.6) is 0 Å². The molecule has 4 aromatic rings. The summed E-state index contributed by atoms with van der Waals surface area (Å²) in [5.74, 6) is 0.606. The minimum absolute atomic E-state index is 0.107. The zero-order chi connectivity index (χ0) is 24.6. The van der Waals surface area contributed by atoms with Gasteiger partial charge < -0.3 is 10.5 Å². The highest BCUT2D eigenvalue weighted by Crippen LogP contribution is 2.45.